The molecule has 0 aliphatic carbocycles. The van der Waals surface area contributed by atoms with Crippen molar-refractivity contribution in [3.05, 3.63) is 23.8 Å². The fourth-order valence-corrected chi connectivity index (χ4v) is 2.81. The zero-order chi connectivity index (χ0) is 20.1. The number of rotatable bonds is 5. The van der Waals surface area contributed by atoms with E-state index in [-0.39, 0.29) is 6.61 Å². The average Bonchev–Trinajstić information content (AvgIpc) is 2.70. The van der Waals surface area contributed by atoms with Crippen LogP contribution in [0, 0.1) is 0 Å². The first-order valence-electron chi connectivity index (χ1n) is 9.98. The summed E-state index contributed by atoms with van der Waals surface area (Å²) in [5.74, 6) is 0.333. The molecule has 1 aliphatic heterocycles. The third-order valence-electron chi connectivity index (χ3n) is 4.21. The second-order valence-electron chi connectivity index (χ2n) is 6.71. The molecule has 1 aliphatic rings. The highest BCUT2D eigenvalue weighted by Crippen LogP contribution is 2.32. The van der Waals surface area contributed by atoms with E-state index in [0.717, 1.165) is 12.8 Å². The van der Waals surface area contributed by atoms with Gasteiger partial charge in [-0.3, -0.25) is 0 Å². The minimum Gasteiger partial charge on any atom is -0.493 e. The van der Waals surface area contributed by atoms with E-state index in [1.807, 2.05) is 19.1 Å². The first-order valence-corrected chi connectivity index (χ1v) is 9.98. The van der Waals surface area contributed by atoms with Crippen LogP contribution in [-0.4, -0.2) is 72.4 Å². The highest BCUT2D eigenvalue weighted by atomic mass is 16.7. The number of ether oxygens (including phenoxy) is 7. The van der Waals surface area contributed by atoms with Gasteiger partial charge in [0.1, 0.15) is 6.61 Å². The number of hydrogen-bond acceptors (Lipinski definition) is 7. The van der Waals surface area contributed by atoms with Crippen molar-refractivity contribution < 1.29 is 33.2 Å². The standard InChI is InChI=1S/C21H34O7/c1-4-5-18-6-7-19(20(16-18)22-3)28-21(2)17-26-13-12-24-9-8-23-10-11-25-14-15-27-21/h6-7,16H,4-5,8-15,17H2,1-3H3. The zero-order valence-electron chi connectivity index (χ0n) is 17.4. The molecule has 0 bridgehead atoms. The molecule has 0 amide bonds. The summed E-state index contributed by atoms with van der Waals surface area (Å²) < 4.78 is 39.8. The summed E-state index contributed by atoms with van der Waals surface area (Å²) in [7, 11) is 1.64. The van der Waals surface area contributed by atoms with Crippen LogP contribution in [0.1, 0.15) is 25.8 Å². The Kier molecular flexibility index (Phi) is 10.6. The van der Waals surface area contributed by atoms with E-state index in [1.165, 1.54) is 5.56 Å². The molecular weight excluding hydrogens is 364 g/mol. The van der Waals surface area contributed by atoms with Gasteiger partial charge in [-0.2, -0.15) is 0 Å². The van der Waals surface area contributed by atoms with Gasteiger partial charge in [0.05, 0.1) is 60.0 Å². The Balaban J connectivity index is 2.02. The van der Waals surface area contributed by atoms with Crippen LogP contribution in [-0.2, 0) is 30.1 Å². The van der Waals surface area contributed by atoms with Crippen LogP contribution in [0.5, 0.6) is 11.5 Å². The summed E-state index contributed by atoms with van der Waals surface area (Å²) in [6, 6.07) is 5.98. The van der Waals surface area contributed by atoms with Crippen LogP contribution in [0.4, 0.5) is 0 Å². The van der Waals surface area contributed by atoms with Crippen molar-refractivity contribution in [3.63, 3.8) is 0 Å². The summed E-state index contributed by atoms with van der Waals surface area (Å²) >= 11 is 0. The van der Waals surface area contributed by atoms with Gasteiger partial charge in [0.15, 0.2) is 11.5 Å². The van der Waals surface area contributed by atoms with Gasteiger partial charge in [-0.05, 0) is 24.1 Å². The quantitative estimate of drug-likeness (QED) is 0.756. The molecule has 0 spiro atoms. The maximum atomic E-state index is 6.19. The first kappa shape index (κ1) is 22.9. The molecule has 0 saturated carbocycles. The summed E-state index contributed by atoms with van der Waals surface area (Å²) in [6.07, 6.45) is 2.07. The van der Waals surface area contributed by atoms with Gasteiger partial charge in [-0.1, -0.05) is 19.4 Å². The SMILES string of the molecule is CCCc1ccc(OC2(C)COCCOCCOCCOCCO2)c(OC)c1. The van der Waals surface area contributed by atoms with Crippen LogP contribution >= 0.6 is 0 Å². The summed E-state index contributed by atoms with van der Waals surface area (Å²) in [6.45, 7) is 8.18. The van der Waals surface area contributed by atoms with Gasteiger partial charge in [-0.15, -0.1) is 0 Å². The maximum Gasteiger partial charge on any atom is 0.231 e. The monoisotopic (exact) mass is 398 g/mol. The van der Waals surface area contributed by atoms with Crippen molar-refractivity contribution in [2.45, 2.75) is 32.5 Å². The Hall–Kier alpha value is -1.38. The van der Waals surface area contributed by atoms with Gasteiger partial charge in [-0.25, -0.2) is 0 Å². The highest BCUT2D eigenvalue weighted by Gasteiger charge is 2.29. The predicted octanol–water partition coefficient (Wildman–Crippen LogP) is 2.84. The zero-order valence-corrected chi connectivity index (χ0v) is 17.4. The molecule has 0 radical (unpaired) electrons. The van der Waals surface area contributed by atoms with Crippen molar-refractivity contribution in [2.75, 3.05) is 66.6 Å². The second kappa shape index (κ2) is 13.0. The Bertz CT molecular complexity index is 534. The normalized spacial score (nSPS) is 23.4. The van der Waals surface area contributed by atoms with E-state index in [2.05, 4.69) is 13.0 Å². The van der Waals surface area contributed by atoms with Gasteiger partial charge < -0.3 is 33.2 Å². The third-order valence-corrected chi connectivity index (χ3v) is 4.21. The summed E-state index contributed by atoms with van der Waals surface area (Å²) in [5.41, 5.74) is 1.21. The van der Waals surface area contributed by atoms with E-state index in [4.69, 9.17) is 33.2 Å². The van der Waals surface area contributed by atoms with Crippen molar-refractivity contribution in [3.8, 4) is 11.5 Å². The van der Waals surface area contributed by atoms with Crippen molar-refractivity contribution >= 4 is 0 Å². The van der Waals surface area contributed by atoms with Crippen LogP contribution in [0.2, 0.25) is 0 Å². The maximum absolute atomic E-state index is 6.19. The lowest BCUT2D eigenvalue weighted by Gasteiger charge is -2.31. The molecule has 160 valence electrons. The van der Waals surface area contributed by atoms with E-state index in [9.17, 15) is 0 Å². The average molecular weight is 398 g/mol. The lowest BCUT2D eigenvalue weighted by Crippen LogP contribution is -2.42. The van der Waals surface area contributed by atoms with Crippen LogP contribution in [0.25, 0.3) is 0 Å². The summed E-state index contributed by atoms with van der Waals surface area (Å²) in [4.78, 5) is 0. The molecule has 0 N–H and O–H groups in total. The molecule has 1 heterocycles. The minimum absolute atomic E-state index is 0.257. The van der Waals surface area contributed by atoms with E-state index >= 15 is 0 Å². The summed E-state index contributed by atoms with van der Waals surface area (Å²) in [5, 5.41) is 0. The molecule has 1 aromatic rings. The molecule has 28 heavy (non-hydrogen) atoms. The number of methoxy groups -OCH3 is 1. The second-order valence-corrected chi connectivity index (χ2v) is 6.71. The molecule has 1 unspecified atom stereocenters. The molecule has 1 fully saturated rings. The fourth-order valence-electron chi connectivity index (χ4n) is 2.81. The number of benzene rings is 1. The largest absolute Gasteiger partial charge is 0.493 e. The molecule has 0 aromatic heterocycles. The molecular formula is C21H34O7. The van der Waals surface area contributed by atoms with Crippen molar-refractivity contribution in [1.29, 1.82) is 0 Å². The molecule has 7 nitrogen and oxygen atoms in total. The molecule has 2 rings (SSSR count). The fraction of sp³-hybridized carbons (Fsp3) is 0.714. The molecule has 1 atom stereocenters. The van der Waals surface area contributed by atoms with Gasteiger partial charge in [0, 0.05) is 6.92 Å². The third kappa shape index (κ3) is 8.32. The van der Waals surface area contributed by atoms with Crippen LogP contribution < -0.4 is 9.47 Å². The first-order chi connectivity index (χ1) is 13.7. The van der Waals surface area contributed by atoms with Crippen LogP contribution in [0.15, 0.2) is 18.2 Å². The smallest absolute Gasteiger partial charge is 0.231 e. The van der Waals surface area contributed by atoms with Gasteiger partial charge in [0.2, 0.25) is 5.79 Å². The number of aryl methyl sites for hydroxylation is 1. The topological polar surface area (TPSA) is 64.6 Å². The Morgan fingerprint density at radius 2 is 1.46 bits per heavy atom. The van der Waals surface area contributed by atoms with E-state index < -0.39 is 5.79 Å². The number of hydrogen-bond donors (Lipinski definition) is 0. The van der Waals surface area contributed by atoms with Crippen molar-refractivity contribution in [2.24, 2.45) is 0 Å². The molecule has 1 saturated heterocycles. The molecule has 7 heteroatoms. The van der Waals surface area contributed by atoms with Crippen LogP contribution in [0.3, 0.4) is 0 Å². The van der Waals surface area contributed by atoms with E-state index in [1.54, 1.807) is 7.11 Å². The lowest BCUT2D eigenvalue weighted by molar-refractivity contribution is -0.209. The Labute approximate surface area is 168 Å². The Morgan fingerprint density at radius 1 is 0.857 bits per heavy atom. The predicted molar refractivity (Wildman–Crippen MR) is 105 cm³/mol. The van der Waals surface area contributed by atoms with E-state index in [0.29, 0.717) is 64.4 Å². The molecule has 1 aromatic carbocycles. The van der Waals surface area contributed by atoms with Gasteiger partial charge in [0.25, 0.3) is 0 Å². The van der Waals surface area contributed by atoms with Gasteiger partial charge >= 0.3 is 0 Å². The lowest BCUT2D eigenvalue weighted by atomic mass is 10.1. The van der Waals surface area contributed by atoms with Crippen molar-refractivity contribution in [1.82, 2.24) is 0 Å². The highest BCUT2D eigenvalue weighted by molar-refractivity contribution is 5.43. The Morgan fingerprint density at radius 3 is 2.07 bits per heavy atom. The minimum atomic E-state index is -0.973.